The number of halogens is 3. The van der Waals surface area contributed by atoms with Gasteiger partial charge in [-0.2, -0.15) is 0 Å². The quantitative estimate of drug-likeness (QED) is 0.476. The Labute approximate surface area is 187 Å². The first kappa shape index (κ1) is 23.3. The largest absolute Gasteiger partial charge is 0.502 e. The smallest absolute Gasteiger partial charge is 0.276 e. The molecule has 0 saturated heterocycles. The Hall–Kier alpha value is -3.40. The first-order valence-electron chi connectivity index (χ1n) is 9.64. The zero-order chi connectivity index (χ0) is 23.7. The molecule has 3 N–H and O–H groups in total. The lowest BCUT2D eigenvalue weighted by molar-refractivity contribution is 0.0755. The highest BCUT2D eigenvalue weighted by Crippen LogP contribution is 2.22. The van der Waals surface area contributed by atoms with Gasteiger partial charge >= 0.3 is 0 Å². The highest BCUT2D eigenvalue weighted by atomic mass is 35.5. The number of carbonyl (C=O) groups is 2. The van der Waals surface area contributed by atoms with E-state index in [1.807, 2.05) is 0 Å². The third kappa shape index (κ3) is 4.31. The number of pyridine rings is 1. The molecule has 1 aliphatic heterocycles. The van der Waals surface area contributed by atoms with Crippen molar-refractivity contribution in [2.45, 2.75) is 32.5 Å². The molecule has 0 aliphatic carbocycles. The summed E-state index contributed by atoms with van der Waals surface area (Å²) >= 11 is 5.53. The second-order valence-corrected chi connectivity index (χ2v) is 7.79. The third-order valence-corrected chi connectivity index (χ3v) is 5.48. The number of amides is 2. The topological polar surface area (TPSA) is 104 Å². The number of nitrogens with one attached hydrogen (secondary N) is 2. The average molecular weight is 467 g/mol. The molecule has 170 valence electrons. The van der Waals surface area contributed by atoms with Crippen molar-refractivity contribution in [2.24, 2.45) is 0 Å². The highest BCUT2D eigenvalue weighted by molar-refractivity contribution is 6.30. The first-order valence-corrected chi connectivity index (χ1v) is 10.0. The van der Waals surface area contributed by atoms with Crippen LogP contribution in [0.25, 0.3) is 0 Å². The summed E-state index contributed by atoms with van der Waals surface area (Å²) in [4.78, 5) is 39.5. The molecule has 8 nitrogen and oxygen atoms in total. The number of rotatable bonds is 3. The summed E-state index contributed by atoms with van der Waals surface area (Å²) in [6.07, 6.45) is 4.67. The summed E-state index contributed by atoms with van der Waals surface area (Å²) in [5, 5.41) is 12.1. The van der Waals surface area contributed by atoms with Crippen LogP contribution in [-0.4, -0.2) is 45.6 Å². The number of likely N-dealkylation sites (N-methyl/N-ethyl adjacent to an activating group) is 1. The molecule has 2 atom stereocenters. The Balaban J connectivity index is 1.98. The fourth-order valence-corrected chi connectivity index (χ4v) is 3.30. The predicted molar refractivity (Wildman–Crippen MR) is 114 cm³/mol. The monoisotopic (exact) mass is 466 g/mol. The van der Waals surface area contributed by atoms with Gasteiger partial charge in [-0.15, -0.1) is 0 Å². The van der Waals surface area contributed by atoms with Crippen LogP contribution in [0.4, 0.5) is 8.78 Å². The predicted octanol–water partition coefficient (Wildman–Crippen LogP) is 2.38. The van der Waals surface area contributed by atoms with E-state index >= 15 is 0 Å². The van der Waals surface area contributed by atoms with Gasteiger partial charge in [-0.3, -0.25) is 19.1 Å². The van der Waals surface area contributed by atoms with Gasteiger partial charge in [0.2, 0.25) is 5.43 Å². The minimum Gasteiger partial charge on any atom is -0.502 e. The van der Waals surface area contributed by atoms with Crippen molar-refractivity contribution in [3.05, 3.63) is 74.2 Å². The lowest BCUT2D eigenvalue weighted by atomic mass is 10.1. The Bertz CT molecular complexity index is 1180. The lowest BCUT2D eigenvalue weighted by Crippen LogP contribution is -2.39. The number of aromatic nitrogens is 1. The molecule has 1 aromatic carbocycles. The number of carbonyl (C=O) groups excluding carboxylic acids is 2. The molecule has 0 saturated carbocycles. The minimum absolute atomic E-state index is 0.0977. The van der Waals surface area contributed by atoms with Crippen LogP contribution in [0.3, 0.4) is 0 Å². The average Bonchev–Trinajstić information content (AvgIpc) is 2.79. The van der Waals surface area contributed by atoms with Crippen molar-refractivity contribution in [3.63, 3.8) is 0 Å². The number of hydrogen-bond donors (Lipinski definition) is 3. The van der Waals surface area contributed by atoms with Gasteiger partial charge in [-0.25, -0.2) is 8.78 Å². The van der Waals surface area contributed by atoms with Crippen molar-refractivity contribution < 1.29 is 23.5 Å². The minimum atomic E-state index is -1.07. The Morgan fingerprint density at radius 1 is 1.25 bits per heavy atom. The molecule has 32 heavy (non-hydrogen) atoms. The van der Waals surface area contributed by atoms with Crippen LogP contribution >= 0.6 is 11.6 Å². The van der Waals surface area contributed by atoms with Crippen LogP contribution < -0.4 is 16.2 Å². The lowest BCUT2D eigenvalue weighted by Gasteiger charge is -2.24. The maximum atomic E-state index is 14.1. The number of benzene rings is 1. The fourth-order valence-electron chi connectivity index (χ4n) is 3.11. The van der Waals surface area contributed by atoms with E-state index < -0.39 is 51.8 Å². The number of nitrogens with zero attached hydrogens (tertiary/aromatic N) is 2. The van der Waals surface area contributed by atoms with Gasteiger partial charge in [0.05, 0.1) is 6.04 Å². The van der Waals surface area contributed by atoms with E-state index in [0.29, 0.717) is 0 Å². The van der Waals surface area contributed by atoms with E-state index in [9.17, 15) is 28.3 Å². The van der Waals surface area contributed by atoms with Crippen molar-refractivity contribution in [1.82, 2.24) is 14.9 Å². The van der Waals surface area contributed by atoms with Crippen LogP contribution in [0.15, 0.2) is 35.3 Å². The molecule has 0 bridgehead atoms. The maximum absolute atomic E-state index is 14.1. The normalized spacial score (nSPS) is 19.3. The van der Waals surface area contributed by atoms with Gasteiger partial charge < -0.3 is 20.7 Å². The summed E-state index contributed by atoms with van der Waals surface area (Å²) in [5.41, 5.74) is 0.947. The fraction of sp³-hybridized carbons (Fsp3) is 0.286. The molecule has 2 aromatic rings. The Kier molecular flexibility index (Phi) is 6.54. The summed E-state index contributed by atoms with van der Waals surface area (Å²) < 4.78 is 28.5. The molecule has 2 amide bonds. The molecule has 0 unspecified atom stereocenters. The van der Waals surface area contributed by atoms with Crippen LogP contribution in [0, 0.1) is 11.6 Å². The van der Waals surface area contributed by atoms with E-state index in [-0.39, 0.29) is 23.3 Å². The van der Waals surface area contributed by atoms with Gasteiger partial charge in [0.1, 0.15) is 22.2 Å². The molecule has 0 fully saturated rings. The Morgan fingerprint density at radius 2 is 1.94 bits per heavy atom. The van der Waals surface area contributed by atoms with Gasteiger partial charge in [0.25, 0.3) is 11.8 Å². The van der Waals surface area contributed by atoms with E-state index in [1.165, 1.54) is 11.9 Å². The van der Waals surface area contributed by atoms with Gasteiger partial charge in [-0.1, -0.05) is 29.8 Å². The highest BCUT2D eigenvalue weighted by Gasteiger charge is 2.29. The van der Waals surface area contributed by atoms with Crippen LogP contribution in [-0.2, 0) is 6.54 Å². The number of aromatic hydroxyl groups is 1. The third-order valence-electron chi connectivity index (χ3n) is 5.14. The molecule has 0 radical (unpaired) electrons. The zero-order valence-electron chi connectivity index (χ0n) is 17.4. The number of fused-ring (bicyclic) bond motifs is 1. The molecule has 3 rings (SSSR count). The van der Waals surface area contributed by atoms with Gasteiger partial charge in [0, 0.05) is 31.4 Å². The molecule has 2 heterocycles. The Morgan fingerprint density at radius 3 is 2.62 bits per heavy atom. The van der Waals surface area contributed by atoms with Crippen molar-refractivity contribution in [2.75, 3.05) is 12.5 Å². The molecule has 1 aromatic heterocycles. The number of hydrogen-bond acceptors (Lipinski definition) is 5. The maximum Gasteiger partial charge on any atom is 0.276 e. The van der Waals surface area contributed by atoms with Crippen molar-refractivity contribution >= 4 is 23.4 Å². The molecular formula is C21H21ClF2N4O4. The summed E-state index contributed by atoms with van der Waals surface area (Å²) in [6.45, 7) is 3.16. The summed E-state index contributed by atoms with van der Waals surface area (Å²) in [6, 6.07) is 1.43. The first-order chi connectivity index (χ1) is 15.0. The van der Waals surface area contributed by atoms with Crippen LogP contribution in [0.1, 0.15) is 40.3 Å². The van der Waals surface area contributed by atoms with Gasteiger partial charge in [-0.05, 0) is 19.9 Å². The van der Waals surface area contributed by atoms with Gasteiger partial charge in [0.15, 0.2) is 11.4 Å². The zero-order valence-corrected chi connectivity index (χ0v) is 18.2. The van der Waals surface area contributed by atoms with Crippen molar-refractivity contribution in [1.29, 1.82) is 0 Å². The summed E-state index contributed by atoms with van der Waals surface area (Å²) in [7, 11) is 1.52. The summed E-state index contributed by atoms with van der Waals surface area (Å²) in [5.74, 6) is -4.45. The van der Waals surface area contributed by atoms with E-state index in [2.05, 4.69) is 10.7 Å². The second-order valence-electron chi connectivity index (χ2n) is 7.42. The van der Waals surface area contributed by atoms with E-state index in [4.69, 9.17) is 11.6 Å². The SMILES string of the molecule is C[C@@H]1/C=C\[C@H](C)N(C)C(=O)c2c(O)c(=O)c(C(=O)NCc3ccc(F)c(Cl)c3F)cn2N1. The molecule has 0 spiro atoms. The second kappa shape index (κ2) is 8.99. The molecular weight excluding hydrogens is 446 g/mol. The van der Waals surface area contributed by atoms with Crippen LogP contribution in [0.2, 0.25) is 5.02 Å². The van der Waals surface area contributed by atoms with E-state index in [1.54, 1.807) is 26.0 Å². The van der Waals surface area contributed by atoms with Crippen molar-refractivity contribution in [3.8, 4) is 5.75 Å². The standard InChI is InChI=1S/C21H21ClF2N4O4/c1-10-4-5-11(2)27(3)21(32)17-19(30)18(29)13(9-28(17)26-10)20(31)25-8-12-6-7-14(23)15(22)16(12)24/h4-7,9-11,26,30H,8H2,1-3H3,(H,25,31)/b5-4-/t10-,11+/m1/s1. The van der Waals surface area contributed by atoms with E-state index in [0.717, 1.165) is 23.0 Å². The molecule has 11 heteroatoms. The molecule has 1 aliphatic rings. The van der Waals surface area contributed by atoms with Crippen LogP contribution in [0.5, 0.6) is 5.75 Å².